The van der Waals surface area contributed by atoms with Gasteiger partial charge in [-0.3, -0.25) is 0 Å². The first-order chi connectivity index (χ1) is 11.8. The van der Waals surface area contributed by atoms with Gasteiger partial charge >= 0.3 is 6.09 Å². The highest BCUT2D eigenvalue weighted by Crippen LogP contribution is 2.26. The third-order valence-electron chi connectivity index (χ3n) is 4.41. The van der Waals surface area contributed by atoms with E-state index in [4.69, 9.17) is 4.74 Å². The fourth-order valence-corrected chi connectivity index (χ4v) is 3.30. The van der Waals surface area contributed by atoms with Gasteiger partial charge in [-0.15, -0.1) is 0 Å². The van der Waals surface area contributed by atoms with Crippen molar-refractivity contribution in [2.45, 2.75) is 52.2 Å². The molecule has 0 radical (unpaired) electrons. The largest absolute Gasteiger partial charge is 0.444 e. The first-order valence-corrected chi connectivity index (χ1v) is 8.92. The number of carbonyl (C=O) groups excluding carboxylic acids is 1. The molecule has 0 aliphatic carbocycles. The second kappa shape index (κ2) is 6.90. The highest BCUT2D eigenvalue weighted by molar-refractivity contribution is 5.94. The zero-order valence-corrected chi connectivity index (χ0v) is 15.5. The Kier molecular flexibility index (Phi) is 4.84. The SMILES string of the molecule is Cc1cccc2ccnc(N[C@@H]3CCCN(C(=O)OC(C)(C)C)C3)c12. The quantitative estimate of drug-likeness (QED) is 0.882. The molecular formula is C20H27N3O2. The second-order valence-electron chi connectivity index (χ2n) is 7.74. The summed E-state index contributed by atoms with van der Waals surface area (Å²) in [5.74, 6) is 0.895. The number of ether oxygens (including phenoxy) is 1. The van der Waals surface area contributed by atoms with E-state index in [1.807, 2.05) is 33.0 Å². The van der Waals surface area contributed by atoms with Crippen LogP contribution in [0.4, 0.5) is 10.6 Å². The number of nitrogens with zero attached hydrogens (tertiary/aromatic N) is 2. The molecule has 1 amide bonds. The van der Waals surface area contributed by atoms with Crippen molar-refractivity contribution in [2.75, 3.05) is 18.4 Å². The van der Waals surface area contributed by atoms with Crippen LogP contribution in [0.25, 0.3) is 10.8 Å². The molecule has 134 valence electrons. The Balaban J connectivity index is 1.74. The van der Waals surface area contributed by atoms with Crippen molar-refractivity contribution < 1.29 is 9.53 Å². The minimum atomic E-state index is -0.467. The number of hydrogen-bond donors (Lipinski definition) is 1. The number of hydrogen-bond acceptors (Lipinski definition) is 4. The number of nitrogens with one attached hydrogen (secondary N) is 1. The summed E-state index contributed by atoms with van der Waals surface area (Å²) in [6.07, 6.45) is 3.57. The van der Waals surface area contributed by atoms with Crippen molar-refractivity contribution >= 4 is 22.7 Å². The van der Waals surface area contributed by atoms with Gasteiger partial charge in [-0.1, -0.05) is 18.2 Å². The molecule has 1 atom stereocenters. The van der Waals surface area contributed by atoms with Crippen LogP contribution in [0.1, 0.15) is 39.2 Å². The van der Waals surface area contributed by atoms with Crippen molar-refractivity contribution in [1.29, 1.82) is 0 Å². The Hall–Kier alpha value is -2.30. The van der Waals surface area contributed by atoms with Crippen LogP contribution in [0.2, 0.25) is 0 Å². The lowest BCUT2D eigenvalue weighted by atomic mass is 10.0. The van der Waals surface area contributed by atoms with Crippen molar-refractivity contribution in [3.8, 4) is 0 Å². The molecule has 1 N–H and O–H groups in total. The molecule has 5 nitrogen and oxygen atoms in total. The maximum Gasteiger partial charge on any atom is 0.410 e. The van der Waals surface area contributed by atoms with Crippen LogP contribution in [0.3, 0.4) is 0 Å². The monoisotopic (exact) mass is 341 g/mol. The van der Waals surface area contributed by atoms with Crippen LogP contribution < -0.4 is 5.32 Å². The van der Waals surface area contributed by atoms with Crippen molar-refractivity contribution in [1.82, 2.24) is 9.88 Å². The average Bonchev–Trinajstić information content (AvgIpc) is 2.54. The number of fused-ring (bicyclic) bond motifs is 1. The predicted molar refractivity (Wildman–Crippen MR) is 101 cm³/mol. The molecule has 1 aliphatic heterocycles. The number of pyridine rings is 1. The number of amides is 1. The summed E-state index contributed by atoms with van der Waals surface area (Å²) >= 11 is 0. The van der Waals surface area contributed by atoms with Crippen molar-refractivity contribution in [3.63, 3.8) is 0 Å². The van der Waals surface area contributed by atoms with E-state index in [0.717, 1.165) is 30.6 Å². The number of rotatable bonds is 2. The van der Waals surface area contributed by atoms with Crippen LogP contribution in [0.15, 0.2) is 30.5 Å². The second-order valence-corrected chi connectivity index (χ2v) is 7.74. The number of benzene rings is 1. The summed E-state index contributed by atoms with van der Waals surface area (Å²) in [5.41, 5.74) is 0.735. The minimum absolute atomic E-state index is 0.180. The maximum atomic E-state index is 12.3. The number of likely N-dealkylation sites (tertiary alicyclic amines) is 1. The predicted octanol–water partition coefficient (Wildman–Crippen LogP) is 4.35. The summed E-state index contributed by atoms with van der Waals surface area (Å²) in [6.45, 7) is 9.17. The summed E-state index contributed by atoms with van der Waals surface area (Å²) in [5, 5.41) is 5.88. The summed E-state index contributed by atoms with van der Waals surface area (Å²) in [6, 6.07) is 8.47. The normalized spacial score (nSPS) is 18.2. The summed E-state index contributed by atoms with van der Waals surface area (Å²) in [4.78, 5) is 18.7. The van der Waals surface area contributed by atoms with Gasteiger partial charge < -0.3 is 15.0 Å². The summed E-state index contributed by atoms with van der Waals surface area (Å²) < 4.78 is 5.51. The zero-order chi connectivity index (χ0) is 18.0. The first-order valence-electron chi connectivity index (χ1n) is 8.92. The lowest BCUT2D eigenvalue weighted by Crippen LogP contribution is -2.47. The molecule has 2 heterocycles. The molecule has 1 aliphatic rings. The molecule has 1 aromatic heterocycles. The van der Waals surface area contributed by atoms with Crippen LogP contribution in [0.5, 0.6) is 0 Å². The summed E-state index contributed by atoms with van der Waals surface area (Å²) in [7, 11) is 0. The number of aryl methyl sites for hydroxylation is 1. The smallest absolute Gasteiger partial charge is 0.410 e. The Bertz CT molecular complexity index is 762. The van der Waals surface area contributed by atoms with E-state index in [2.05, 4.69) is 35.4 Å². The van der Waals surface area contributed by atoms with E-state index >= 15 is 0 Å². The van der Waals surface area contributed by atoms with E-state index in [9.17, 15) is 4.79 Å². The molecule has 3 rings (SSSR count). The lowest BCUT2D eigenvalue weighted by molar-refractivity contribution is 0.0206. The Morgan fingerprint density at radius 3 is 2.88 bits per heavy atom. The lowest BCUT2D eigenvalue weighted by Gasteiger charge is -2.34. The molecular weight excluding hydrogens is 314 g/mol. The standard InChI is InChI=1S/C20H27N3O2/c1-14-7-5-8-15-10-11-21-18(17(14)15)22-16-9-6-12-23(13-16)19(24)25-20(2,3)4/h5,7-8,10-11,16H,6,9,12-13H2,1-4H3,(H,21,22)/t16-/m1/s1. The van der Waals surface area contributed by atoms with E-state index in [0.29, 0.717) is 6.54 Å². The molecule has 2 aromatic rings. The molecule has 0 unspecified atom stereocenters. The van der Waals surface area contributed by atoms with E-state index in [1.54, 1.807) is 4.90 Å². The molecule has 0 bridgehead atoms. The van der Waals surface area contributed by atoms with E-state index < -0.39 is 5.60 Å². The van der Waals surface area contributed by atoms with Gasteiger partial charge in [0, 0.05) is 30.7 Å². The molecule has 1 saturated heterocycles. The molecule has 0 spiro atoms. The van der Waals surface area contributed by atoms with Crippen molar-refractivity contribution in [2.24, 2.45) is 0 Å². The topological polar surface area (TPSA) is 54.5 Å². The molecule has 25 heavy (non-hydrogen) atoms. The van der Waals surface area contributed by atoms with Crippen LogP contribution in [0, 0.1) is 6.92 Å². The maximum absolute atomic E-state index is 12.3. The fraction of sp³-hybridized carbons (Fsp3) is 0.500. The number of aromatic nitrogens is 1. The van der Waals surface area contributed by atoms with Gasteiger partial charge in [0.05, 0.1) is 0 Å². The van der Waals surface area contributed by atoms with Gasteiger partial charge in [-0.2, -0.15) is 0 Å². The molecule has 5 heteroatoms. The highest BCUT2D eigenvalue weighted by Gasteiger charge is 2.28. The van der Waals surface area contributed by atoms with Gasteiger partial charge in [0.2, 0.25) is 0 Å². The highest BCUT2D eigenvalue weighted by atomic mass is 16.6. The van der Waals surface area contributed by atoms with E-state index in [1.165, 1.54) is 10.9 Å². The molecule has 0 saturated carbocycles. The average molecular weight is 341 g/mol. The fourth-order valence-electron chi connectivity index (χ4n) is 3.30. The Morgan fingerprint density at radius 2 is 2.12 bits per heavy atom. The van der Waals surface area contributed by atoms with Gasteiger partial charge in [-0.25, -0.2) is 9.78 Å². The Labute approximate surface area is 149 Å². The van der Waals surface area contributed by atoms with Crippen LogP contribution in [-0.2, 0) is 4.74 Å². The van der Waals surface area contributed by atoms with Gasteiger partial charge in [0.1, 0.15) is 11.4 Å². The first kappa shape index (κ1) is 17.5. The minimum Gasteiger partial charge on any atom is -0.444 e. The van der Waals surface area contributed by atoms with Crippen molar-refractivity contribution in [3.05, 3.63) is 36.0 Å². The number of anilines is 1. The van der Waals surface area contributed by atoms with Crippen LogP contribution in [-0.4, -0.2) is 40.7 Å². The molecule has 1 fully saturated rings. The third-order valence-corrected chi connectivity index (χ3v) is 4.41. The number of piperidine rings is 1. The van der Waals surface area contributed by atoms with Crippen LogP contribution >= 0.6 is 0 Å². The Morgan fingerprint density at radius 1 is 1.32 bits per heavy atom. The number of carbonyl (C=O) groups is 1. The zero-order valence-electron chi connectivity index (χ0n) is 15.5. The molecule has 1 aromatic carbocycles. The third kappa shape index (κ3) is 4.21. The van der Waals surface area contributed by atoms with Gasteiger partial charge in [0.25, 0.3) is 0 Å². The van der Waals surface area contributed by atoms with E-state index in [-0.39, 0.29) is 12.1 Å². The van der Waals surface area contributed by atoms with Gasteiger partial charge in [-0.05, 0) is 57.6 Å². The van der Waals surface area contributed by atoms with Gasteiger partial charge in [0.15, 0.2) is 0 Å².